The topological polar surface area (TPSA) is 12.0 Å². The molecule has 1 nitrogen and oxygen atoms in total. The Balaban J connectivity index is 1.42. The average molecular weight is 382 g/mol. The molecule has 2 atom stereocenters. The van der Waals surface area contributed by atoms with Crippen LogP contribution in [0.5, 0.6) is 0 Å². The molecule has 1 aliphatic heterocycles. The van der Waals surface area contributed by atoms with Gasteiger partial charge in [0.05, 0.1) is 0 Å². The van der Waals surface area contributed by atoms with Gasteiger partial charge in [0, 0.05) is 17.7 Å². The molecule has 0 spiro atoms. The molecule has 29 heavy (non-hydrogen) atoms. The molecule has 0 aromatic heterocycles. The lowest BCUT2D eigenvalue weighted by Gasteiger charge is -2.22. The van der Waals surface area contributed by atoms with Gasteiger partial charge in [0.15, 0.2) is 0 Å². The van der Waals surface area contributed by atoms with Crippen LogP contribution in [0.4, 0.5) is 0 Å². The highest BCUT2D eigenvalue weighted by Gasteiger charge is 2.20. The van der Waals surface area contributed by atoms with Crippen molar-refractivity contribution < 1.29 is 0 Å². The third kappa shape index (κ3) is 4.62. The van der Waals surface area contributed by atoms with Crippen LogP contribution in [-0.2, 0) is 6.42 Å². The van der Waals surface area contributed by atoms with Crippen molar-refractivity contribution in [1.82, 2.24) is 5.32 Å². The van der Waals surface area contributed by atoms with Gasteiger partial charge in [-0.3, -0.25) is 0 Å². The van der Waals surface area contributed by atoms with Gasteiger partial charge in [0.2, 0.25) is 0 Å². The minimum absolute atomic E-state index is 0.449. The summed E-state index contributed by atoms with van der Waals surface area (Å²) in [6, 6.07) is 29.4. The molecule has 0 radical (unpaired) electrons. The van der Waals surface area contributed by atoms with E-state index in [-0.39, 0.29) is 0 Å². The van der Waals surface area contributed by atoms with Crippen LogP contribution in [0.15, 0.2) is 84.9 Å². The highest BCUT2D eigenvalue weighted by Crippen LogP contribution is 2.32. The van der Waals surface area contributed by atoms with E-state index in [0.29, 0.717) is 17.9 Å². The zero-order valence-electron chi connectivity index (χ0n) is 17.7. The first kappa shape index (κ1) is 19.5. The number of aryl methyl sites for hydroxylation is 1. The van der Waals surface area contributed by atoms with Crippen molar-refractivity contribution in [1.29, 1.82) is 0 Å². The Bertz CT molecular complexity index is 949. The molecule has 0 aliphatic carbocycles. The van der Waals surface area contributed by atoms with Crippen molar-refractivity contribution in [2.75, 3.05) is 0 Å². The van der Waals surface area contributed by atoms with E-state index in [4.69, 9.17) is 0 Å². The summed E-state index contributed by atoms with van der Waals surface area (Å²) in [6.45, 7) is 6.76. The third-order valence-corrected chi connectivity index (χ3v) is 5.97. The molecule has 0 saturated heterocycles. The van der Waals surface area contributed by atoms with E-state index in [0.717, 1.165) is 12.8 Å². The molecule has 148 valence electrons. The Morgan fingerprint density at radius 1 is 0.828 bits per heavy atom. The van der Waals surface area contributed by atoms with E-state index in [1.807, 2.05) is 0 Å². The quantitative estimate of drug-likeness (QED) is 0.499. The van der Waals surface area contributed by atoms with Gasteiger partial charge in [-0.25, -0.2) is 0 Å². The molecule has 1 heteroatoms. The van der Waals surface area contributed by atoms with Gasteiger partial charge in [-0.2, -0.15) is 0 Å². The van der Waals surface area contributed by atoms with Crippen molar-refractivity contribution in [3.63, 3.8) is 0 Å². The summed E-state index contributed by atoms with van der Waals surface area (Å²) < 4.78 is 0. The van der Waals surface area contributed by atoms with Crippen molar-refractivity contribution in [3.8, 4) is 0 Å². The van der Waals surface area contributed by atoms with Gasteiger partial charge in [0.1, 0.15) is 0 Å². The second-order valence-electron chi connectivity index (χ2n) is 8.64. The van der Waals surface area contributed by atoms with Crippen molar-refractivity contribution in [2.24, 2.45) is 5.92 Å². The fraction of sp³-hybridized carbons (Fsp3) is 0.286. The lowest BCUT2D eigenvalue weighted by atomic mass is 9.82. The van der Waals surface area contributed by atoms with Crippen molar-refractivity contribution >= 4 is 5.70 Å². The van der Waals surface area contributed by atoms with E-state index >= 15 is 0 Å². The maximum atomic E-state index is 3.72. The highest BCUT2D eigenvalue weighted by molar-refractivity contribution is 5.66. The molecule has 0 saturated carbocycles. The first-order chi connectivity index (χ1) is 14.1. The van der Waals surface area contributed by atoms with Crippen molar-refractivity contribution in [2.45, 2.75) is 45.6 Å². The fourth-order valence-corrected chi connectivity index (χ4v) is 4.43. The van der Waals surface area contributed by atoms with Gasteiger partial charge >= 0.3 is 0 Å². The second kappa shape index (κ2) is 8.69. The molecule has 3 aromatic carbocycles. The highest BCUT2D eigenvalue weighted by atomic mass is 14.9. The van der Waals surface area contributed by atoms with E-state index in [9.17, 15) is 0 Å². The Hall–Kier alpha value is -2.80. The van der Waals surface area contributed by atoms with Crippen LogP contribution in [0.3, 0.4) is 0 Å². The van der Waals surface area contributed by atoms with Crippen LogP contribution in [0.1, 0.15) is 54.0 Å². The van der Waals surface area contributed by atoms with Crippen LogP contribution in [0.25, 0.3) is 5.70 Å². The number of nitrogens with one attached hydrogen (secondary N) is 1. The lowest BCUT2D eigenvalue weighted by Crippen LogP contribution is -2.24. The maximum Gasteiger partial charge on any atom is 0.0376 e. The Morgan fingerprint density at radius 3 is 2.14 bits per heavy atom. The molecule has 0 fully saturated rings. The van der Waals surface area contributed by atoms with Gasteiger partial charge in [-0.1, -0.05) is 104 Å². The number of hydrogen-bond acceptors (Lipinski definition) is 1. The third-order valence-electron chi connectivity index (χ3n) is 5.97. The number of hydrogen-bond donors (Lipinski definition) is 1. The summed E-state index contributed by atoms with van der Waals surface area (Å²) >= 11 is 0. The molecule has 1 heterocycles. The smallest absolute Gasteiger partial charge is 0.0376 e. The predicted molar refractivity (Wildman–Crippen MR) is 124 cm³/mol. The number of benzene rings is 3. The standard InChI is InChI=1S/C28H31N/c1-20(2)28(24-7-5-4-6-8-24)25-15-11-22(12-16-25)19-26-17-18-27(29-26)23-13-9-21(3)10-14-23/h4-16,18,20,26,28-29H,17,19H2,1-3H3. The molecule has 1 aliphatic rings. The lowest BCUT2D eigenvalue weighted by molar-refractivity contribution is 0.563. The van der Waals surface area contributed by atoms with Gasteiger partial charge in [-0.05, 0) is 47.9 Å². The zero-order valence-corrected chi connectivity index (χ0v) is 17.7. The summed E-state index contributed by atoms with van der Waals surface area (Å²) in [5, 5.41) is 3.72. The van der Waals surface area contributed by atoms with Gasteiger partial charge in [0.25, 0.3) is 0 Å². The summed E-state index contributed by atoms with van der Waals surface area (Å²) in [7, 11) is 0. The molecule has 2 unspecified atom stereocenters. The van der Waals surface area contributed by atoms with E-state index < -0.39 is 0 Å². The molecule has 3 aromatic rings. The minimum atomic E-state index is 0.449. The summed E-state index contributed by atoms with van der Waals surface area (Å²) in [5.74, 6) is 1.02. The van der Waals surface area contributed by atoms with Gasteiger partial charge < -0.3 is 5.32 Å². The first-order valence-corrected chi connectivity index (χ1v) is 10.8. The van der Waals surface area contributed by atoms with Crippen LogP contribution >= 0.6 is 0 Å². The van der Waals surface area contributed by atoms with Crippen molar-refractivity contribution in [3.05, 3.63) is 113 Å². The Labute approximate surface area is 175 Å². The molecule has 4 rings (SSSR count). The molecular weight excluding hydrogens is 350 g/mol. The minimum Gasteiger partial charge on any atom is -0.381 e. The number of rotatable bonds is 6. The molecule has 0 bridgehead atoms. The van der Waals surface area contributed by atoms with Crippen LogP contribution in [0, 0.1) is 12.8 Å². The molecule has 1 N–H and O–H groups in total. The fourth-order valence-electron chi connectivity index (χ4n) is 4.43. The van der Waals surface area contributed by atoms with E-state index in [1.165, 1.54) is 33.5 Å². The Kier molecular flexibility index (Phi) is 5.85. The maximum absolute atomic E-state index is 3.72. The molecule has 0 amide bonds. The summed E-state index contributed by atoms with van der Waals surface area (Å²) in [4.78, 5) is 0. The van der Waals surface area contributed by atoms with Crippen LogP contribution in [0.2, 0.25) is 0 Å². The summed E-state index contributed by atoms with van der Waals surface area (Å²) in [6.07, 6.45) is 4.49. The van der Waals surface area contributed by atoms with Crippen LogP contribution in [-0.4, -0.2) is 6.04 Å². The van der Waals surface area contributed by atoms with E-state index in [2.05, 4.69) is 111 Å². The van der Waals surface area contributed by atoms with Crippen LogP contribution < -0.4 is 5.32 Å². The summed E-state index contributed by atoms with van der Waals surface area (Å²) in [5.41, 5.74) is 8.08. The molecular formula is C28H31N. The van der Waals surface area contributed by atoms with Gasteiger partial charge in [-0.15, -0.1) is 0 Å². The Morgan fingerprint density at radius 2 is 1.48 bits per heavy atom. The largest absolute Gasteiger partial charge is 0.381 e. The second-order valence-corrected chi connectivity index (χ2v) is 8.64. The monoisotopic (exact) mass is 381 g/mol. The first-order valence-electron chi connectivity index (χ1n) is 10.8. The zero-order chi connectivity index (χ0) is 20.2. The SMILES string of the molecule is Cc1ccc(C2=CCC(Cc3ccc(C(c4ccccc4)C(C)C)cc3)N2)cc1. The predicted octanol–water partition coefficient (Wildman–Crippen LogP) is 6.73. The normalized spacial score (nSPS) is 17.1. The average Bonchev–Trinajstić information content (AvgIpc) is 3.19. The van der Waals surface area contributed by atoms with E-state index in [1.54, 1.807) is 0 Å².